The molecule has 134 valence electrons. The molecule has 1 aromatic heterocycles. The Morgan fingerprint density at radius 3 is 2.68 bits per heavy atom. The third-order valence-electron chi connectivity index (χ3n) is 4.76. The molecule has 6 nitrogen and oxygen atoms in total. The van der Waals surface area contributed by atoms with E-state index in [1.54, 1.807) is 0 Å². The van der Waals surface area contributed by atoms with Crippen molar-refractivity contribution in [1.29, 1.82) is 0 Å². The Kier molecular flexibility index (Phi) is 5.81. The number of carbonyl (C=O) groups is 1. The molecule has 1 aliphatic carbocycles. The van der Waals surface area contributed by atoms with Crippen molar-refractivity contribution in [3.8, 4) is 11.4 Å². The minimum absolute atomic E-state index is 0.0256. The molecule has 0 aliphatic heterocycles. The molecule has 6 heteroatoms. The molecule has 1 heterocycles. The van der Waals surface area contributed by atoms with Crippen LogP contribution in [0.2, 0.25) is 0 Å². The molecule has 1 saturated carbocycles. The Bertz CT molecular complexity index is 690. The van der Waals surface area contributed by atoms with E-state index in [1.165, 1.54) is 6.42 Å². The van der Waals surface area contributed by atoms with Gasteiger partial charge in [0.25, 0.3) is 0 Å². The van der Waals surface area contributed by atoms with Gasteiger partial charge in [-0.15, -0.1) is 0 Å². The normalized spacial score (nSPS) is 16.6. The number of nitrogens with two attached hydrogens (primary N) is 1. The lowest BCUT2D eigenvalue weighted by molar-refractivity contribution is -0.126. The average molecular weight is 342 g/mol. The second-order valence-electron chi connectivity index (χ2n) is 6.86. The van der Waals surface area contributed by atoms with Crippen LogP contribution in [0.3, 0.4) is 0 Å². The van der Waals surface area contributed by atoms with Gasteiger partial charge in [-0.2, -0.15) is 4.98 Å². The maximum Gasteiger partial charge on any atom is 0.229 e. The summed E-state index contributed by atoms with van der Waals surface area (Å²) in [5, 5.41) is 7.12. The van der Waals surface area contributed by atoms with E-state index in [4.69, 9.17) is 10.3 Å². The van der Waals surface area contributed by atoms with Gasteiger partial charge in [0.15, 0.2) is 0 Å². The van der Waals surface area contributed by atoms with Crippen LogP contribution in [0.25, 0.3) is 11.4 Å². The molecule has 2 aromatic rings. The number of amides is 1. The Balaban J connectivity index is 1.55. The highest BCUT2D eigenvalue weighted by atomic mass is 16.5. The fourth-order valence-corrected chi connectivity index (χ4v) is 3.28. The first kappa shape index (κ1) is 17.6. The maximum absolute atomic E-state index is 12.3. The first-order chi connectivity index (χ1) is 12.2. The highest BCUT2D eigenvalue weighted by molar-refractivity contribution is 5.79. The lowest BCUT2D eigenvalue weighted by atomic mass is 9.88. The molecule has 1 amide bonds. The molecule has 0 saturated heterocycles. The largest absolute Gasteiger partial charge is 0.353 e. The van der Waals surface area contributed by atoms with Crippen molar-refractivity contribution in [1.82, 2.24) is 15.5 Å². The summed E-state index contributed by atoms with van der Waals surface area (Å²) in [7, 11) is 0. The molecule has 1 aromatic carbocycles. The quantitative estimate of drug-likeness (QED) is 0.842. The summed E-state index contributed by atoms with van der Waals surface area (Å²) in [5.41, 5.74) is 7.56. The molecule has 0 spiro atoms. The number of hydrogen-bond donors (Lipinski definition) is 2. The Morgan fingerprint density at radius 1 is 1.28 bits per heavy atom. The van der Waals surface area contributed by atoms with Gasteiger partial charge in [0, 0.05) is 30.5 Å². The van der Waals surface area contributed by atoms with Gasteiger partial charge in [0.2, 0.25) is 17.6 Å². The number of aromatic nitrogens is 2. The molecule has 25 heavy (non-hydrogen) atoms. The fraction of sp³-hybridized carbons (Fsp3) is 0.526. The predicted molar refractivity (Wildman–Crippen MR) is 95.5 cm³/mol. The van der Waals surface area contributed by atoms with Gasteiger partial charge in [0.05, 0.1) is 0 Å². The zero-order chi connectivity index (χ0) is 17.6. The van der Waals surface area contributed by atoms with Crippen molar-refractivity contribution in [2.75, 3.05) is 0 Å². The lowest BCUT2D eigenvalue weighted by Crippen LogP contribution is -2.39. The second-order valence-corrected chi connectivity index (χ2v) is 6.86. The second kappa shape index (κ2) is 8.25. The Labute approximate surface area is 148 Å². The predicted octanol–water partition coefficient (Wildman–Crippen LogP) is 2.82. The van der Waals surface area contributed by atoms with E-state index in [-0.39, 0.29) is 17.9 Å². The monoisotopic (exact) mass is 342 g/mol. The first-order valence-electron chi connectivity index (χ1n) is 9.08. The van der Waals surface area contributed by atoms with Crippen molar-refractivity contribution < 1.29 is 9.32 Å². The summed E-state index contributed by atoms with van der Waals surface area (Å²) < 4.78 is 5.34. The summed E-state index contributed by atoms with van der Waals surface area (Å²) in [6.07, 6.45) is 6.09. The maximum atomic E-state index is 12.3. The number of nitrogens with one attached hydrogen (secondary N) is 1. The summed E-state index contributed by atoms with van der Waals surface area (Å²) in [4.78, 5) is 16.7. The van der Waals surface area contributed by atoms with Crippen LogP contribution in [0.4, 0.5) is 0 Å². The van der Waals surface area contributed by atoms with E-state index in [0.717, 1.165) is 36.8 Å². The van der Waals surface area contributed by atoms with Crippen molar-refractivity contribution in [3.05, 3.63) is 35.7 Å². The molecular formula is C19H26N4O2. The highest BCUT2D eigenvalue weighted by Crippen LogP contribution is 2.24. The number of carbonyl (C=O) groups excluding carboxylic acids is 1. The third kappa shape index (κ3) is 4.66. The molecule has 3 N–H and O–H groups in total. The number of benzene rings is 1. The van der Waals surface area contributed by atoms with Crippen LogP contribution in [0.15, 0.2) is 28.8 Å². The molecule has 1 atom stereocenters. The average Bonchev–Trinajstić information content (AvgIpc) is 3.10. The van der Waals surface area contributed by atoms with Crippen molar-refractivity contribution in [2.24, 2.45) is 11.7 Å². The topological polar surface area (TPSA) is 94.0 Å². The minimum atomic E-state index is -0.0256. The smallest absolute Gasteiger partial charge is 0.229 e. The van der Waals surface area contributed by atoms with E-state index in [9.17, 15) is 4.79 Å². The molecule has 1 fully saturated rings. The van der Waals surface area contributed by atoms with Gasteiger partial charge in [0.1, 0.15) is 0 Å². The Hall–Kier alpha value is -2.21. The molecule has 1 aliphatic rings. The first-order valence-corrected chi connectivity index (χ1v) is 9.08. The standard InChI is InChI=1S/C19H26N4O2/c1-13(21-19(24)16-5-3-2-4-6-16)11-17-22-18(23-25-17)15-9-7-14(12-20)8-10-15/h7-10,13,16H,2-6,11-12,20H2,1H3,(H,21,24). The summed E-state index contributed by atoms with van der Waals surface area (Å²) in [6, 6.07) is 7.76. The van der Waals surface area contributed by atoms with Crippen LogP contribution in [-0.2, 0) is 17.8 Å². The molecule has 0 bridgehead atoms. The van der Waals surface area contributed by atoms with Crippen molar-refractivity contribution >= 4 is 5.91 Å². The van der Waals surface area contributed by atoms with Crippen LogP contribution in [0, 0.1) is 5.92 Å². The van der Waals surface area contributed by atoms with Gasteiger partial charge in [-0.1, -0.05) is 48.7 Å². The fourth-order valence-electron chi connectivity index (χ4n) is 3.28. The summed E-state index contributed by atoms with van der Waals surface area (Å²) in [6.45, 7) is 2.48. The zero-order valence-corrected chi connectivity index (χ0v) is 14.7. The van der Waals surface area contributed by atoms with E-state index in [2.05, 4.69) is 15.5 Å². The van der Waals surface area contributed by atoms with E-state index >= 15 is 0 Å². The number of rotatable bonds is 6. The van der Waals surface area contributed by atoms with Crippen LogP contribution in [0.1, 0.15) is 50.5 Å². The highest BCUT2D eigenvalue weighted by Gasteiger charge is 2.23. The van der Waals surface area contributed by atoms with E-state index in [0.29, 0.717) is 24.7 Å². The van der Waals surface area contributed by atoms with Crippen molar-refractivity contribution in [2.45, 2.75) is 58.0 Å². The van der Waals surface area contributed by atoms with E-state index < -0.39 is 0 Å². The van der Waals surface area contributed by atoms with Gasteiger partial charge in [-0.05, 0) is 25.3 Å². The SMILES string of the molecule is CC(Cc1nc(-c2ccc(CN)cc2)no1)NC(=O)C1CCCCC1. The molecule has 1 unspecified atom stereocenters. The van der Waals surface area contributed by atoms with Gasteiger partial charge in [-0.25, -0.2) is 0 Å². The summed E-state index contributed by atoms with van der Waals surface area (Å²) in [5.74, 6) is 1.42. The minimum Gasteiger partial charge on any atom is -0.353 e. The zero-order valence-electron chi connectivity index (χ0n) is 14.7. The van der Waals surface area contributed by atoms with Crippen LogP contribution >= 0.6 is 0 Å². The Morgan fingerprint density at radius 2 is 2.00 bits per heavy atom. The third-order valence-corrected chi connectivity index (χ3v) is 4.76. The van der Waals surface area contributed by atoms with Gasteiger partial charge < -0.3 is 15.6 Å². The van der Waals surface area contributed by atoms with Gasteiger partial charge >= 0.3 is 0 Å². The van der Waals surface area contributed by atoms with E-state index in [1.807, 2.05) is 31.2 Å². The molecular weight excluding hydrogens is 316 g/mol. The van der Waals surface area contributed by atoms with Crippen LogP contribution in [-0.4, -0.2) is 22.1 Å². The van der Waals surface area contributed by atoms with Crippen molar-refractivity contribution in [3.63, 3.8) is 0 Å². The van der Waals surface area contributed by atoms with Crippen LogP contribution < -0.4 is 11.1 Å². The molecule has 0 radical (unpaired) electrons. The van der Waals surface area contributed by atoms with Crippen LogP contribution in [0.5, 0.6) is 0 Å². The number of hydrogen-bond acceptors (Lipinski definition) is 5. The molecule has 3 rings (SSSR count). The van der Waals surface area contributed by atoms with Gasteiger partial charge in [-0.3, -0.25) is 4.79 Å². The summed E-state index contributed by atoms with van der Waals surface area (Å²) >= 11 is 0. The number of nitrogens with zero attached hydrogens (tertiary/aromatic N) is 2. The lowest BCUT2D eigenvalue weighted by Gasteiger charge is -2.22.